The number of nitrogens with one attached hydrogen (secondary N) is 1. The molecule has 2 rings (SSSR count). The Bertz CT molecular complexity index is 531. The standard InChI is InChI=1S/C10H14N4O3/c11-9-1-2-10(12-3-4-15)8-6-14(17)13(16)5-7(8)9/h1-2,5-6,12,15-17H,3-4,11H2. The van der Waals surface area contributed by atoms with E-state index in [9.17, 15) is 10.4 Å². The highest BCUT2D eigenvalue weighted by atomic mass is 16.7. The van der Waals surface area contributed by atoms with Gasteiger partial charge in [-0.3, -0.25) is 10.4 Å². The summed E-state index contributed by atoms with van der Waals surface area (Å²) in [6.45, 7) is 0.385. The van der Waals surface area contributed by atoms with Crippen LogP contribution in [-0.4, -0.2) is 39.0 Å². The fraction of sp³-hybridized carbons (Fsp3) is 0.200. The number of nitrogens with zero attached hydrogens (tertiary/aromatic N) is 2. The van der Waals surface area contributed by atoms with Crippen molar-refractivity contribution in [3.05, 3.63) is 22.6 Å². The van der Waals surface area contributed by atoms with E-state index in [-0.39, 0.29) is 6.61 Å². The molecule has 0 unspecified atom stereocenters. The Morgan fingerprint density at radius 3 is 2.41 bits per heavy atom. The molecule has 92 valence electrons. The van der Waals surface area contributed by atoms with Crippen molar-refractivity contribution in [3.8, 4) is 0 Å². The molecule has 7 nitrogen and oxygen atoms in total. The van der Waals surface area contributed by atoms with E-state index in [1.54, 1.807) is 12.1 Å². The zero-order chi connectivity index (χ0) is 12.4. The average Bonchev–Trinajstić information content (AvgIpc) is 2.31. The summed E-state index contributed by atoms with van der Waals surface area (Å²) < 4.78 is 0. The Kier molecular flexibility index (Phi) is 3.05. The minimum Gasteiger partial charge on any atom is -0.398 e. The Labute approximate surface area is 97.2 Å². The summed E-state index contributed by atoms with van der Waals surface area (Å²) in [6.07, 6.45) is 2.63. The largest absolute Gasteiger partial charge is 0.398 e. The van der Waals surface area contributed by atoms with Gasteiger partial charge in [-0.15, -0.1) is 10.3 Å². The zero-order valence-electron chi connectivity index (χ0n) is 9.04. The second-order valence-corrected chi connectivity index (χ2v) is 3.58. The van der Waals surface area contributed by atoms with Crippen LogP contribution in [0.5, 0.6) is 0 Å². The predicted octanol–water partition coefficient (Wildman–Crippen LogP) is -1.54. The molecule has 1 heterocycles. The Morgan fingerprint density at radius 1 is 1.12 bits per heavy atom. The minimum atomic E-state index is -0.00215. The molecule has 7 heteroatoms. The first-order valence-electron chi connectivity index (χ1n) is 5.06. The van der Waals surface area contributed by atoms with E-state index in [1.807, 2.05) is 0 Å². The number of aliphatic hydroxyl groups is 1. The molecule has 6 N–H and O–H groups in total. The van der Waals surface area contributed by atoms with Crippen molar-refractivity contribution < 1.29 is 15.5 Å². The molecular formula is C10H14N4O3. The quantitative estimate of drug-likeness (QED) is 0.406. The number of anilines is 2. The Morgan fingerprint density at radius 2 is 1.76 bits per heavy atom. The second kappa shape index (κ2) is 4.50. The third-order valence-corrected chi connectivity index (χ3v) is 2.45. The number of nitrogens with two attached hydrogens (primary N) is 1. The molecule has 0 amide bonds. The predicted molar refractivity (Wildman–Crippen MR) is 61.9 cm³/mol. The normalized spacial score (nSPS) is 13.8. The van der Waals surface area contributed by atoms with E-state index >= 15 is 0 Å². The smallest absolute Gasteiger partial charge is 0.0642 e. The molecule has 0 saturated carbocycles. The van der Waals surface area contributed by atoms with Crippen molar-refractivity contribution in [2.45, 2.75) is 0 Å². The lowest BCUT2D eigenvalue weighted by Gasteiger charge is -2.24. The van der Waals surface area contributed by atoms with E-state index in [0.717, 1.165) is 0 Å². The molecule has 0 aromatic heterocycles. The summed E-state index contributed by atoms with van der Waals surface area (Å²) >= 11 is 0. The summed E-state index contributed by atoms with van der Waals surface area (Å²) in [7, 11) is 0. The van der Waals surface area contributed by atoms with E-state index in [2.05, 4.69) is 5.32 Å². The number of hydrogen-bond donors (Lipinski definition) is 5. The number of benzene rings is 1. The first-order valence-corrected chi connectivity index (χ1v) is 5.06. The van der Waals surface area contributed by atoms with Gasteiger partial charge in [-0.25, -0.2) is 0 Å². The molecule has 0 bridgehead atoms. The van der Waals surface area contributed by atoms with Gasteiger partial charge in [0.1, 0.15) is 0 Å². The van der Waals surface area contributed by atoms with Crippen molar-refractivity contribution in [3.63, 3.8) is 0 Å². The van der Waals surface area contributed by atoms with Gasteiger partial charge in [0.25, 0.3) is 0 Å². The first kappa shape index (κ1) is 11.5. The summed E-state index contributed by atoms with van der Waals surface area (Å²) in [5.41, 5.74) is 6.98. The van der Waals surface area contributed by atoms with Crippen LogP contribution in [0.15, 0.2) is 12.1 Å². The molecule has 0 spiro atoms. The molecule has 1 aliphatic heterocycles. The molecule has 1 aromatic rings. The van der Waals surface area contributed by atoms with Crippen LogP contribution in [0.2, 0.25) is 0 Å². The van der Waals surface area contributed by atoms with Gasteiger partial charge in [-0.1, -0.05) is 0 Å². The van der Waals surface area contributed by atoms with Crippen LogP contribution in [0.3, 0.4) is 0 Å². The van der Waals surface area contributed by atoms with Gasteiger partial charge in [0, 0.05) is 28.4 Å². The number of hydrogen-bond acceptors (Lipinski definition) is 7. The highest BCUT2D eigenvalue weighted by molar-refractivity contribution is 5.59. The van der Waals surface area contributed by atoms with Crippen LogP contribution in [0, 0.1) is 0 Å². The van der Waals surface area contributed by atoms with Crippen molar-refractivity contribution in [1.29, 1.82) is 0 Å². The maximum Gasteiger partial charge on any atom is 0.0642 e. The van der Waals surface area contributed by atoms with Gasteiger partial charge in [-0.05, 0) is 12.1 Å². The zero-order valence-corrected chi connectivity index (χ0v) is 9.04. The van der Waals surface area contributed by atoms with Gasteiger partial charge >= 0.3 is 0 Å². The van der Waals surface area contributed by atoms with Crippen LogP contribution in [0.1, 0.15) is 0 Å². The van der Waals surface area contributed by atoms with Gasteiger partial charge in [0.15, 0.2) is 0 Å². The second-order valence-electron chi connectivity index (χ2n) is 3.58. The minimum absolute atomic E-state index is 0.00215. The molecule has 0 radical (unpaired) electrons. The lowest BCUT2D eigenvalue weighted by atomic mass is 10.1. The maximum absolute atomic E-state index is 9.37. The summed E-state index contributed by atoms with van der Waals surface area (Å²) in [5, 5.41) is 32.7. The number of rotatable bonds is 3. The topological polar surface area (TPSA) is 105 Å². The highest BCUT2D eigenvalue weighted by Gasteiger charge is 2.11. The molecule has 1 aromatic carbocycles. The van der Waals surface area contributed by atoms with E-state index in [0.29, 0.717) is 38.7 Å². The summed E-state index contributed by atoms with van der Waals surface area (Å²) in [4.78, 5) is 0. The van der Waals surface area contributed by atoms with E-state index in [4.69, 9.17) is 10.8 Å². The van der Waals surface area contributed by atoms with Gasteiger partial charge in [0.2, 0.25) is 0 Å². The van der Waals surface area contributed by atoms with Crippen LogP contribution in [-0.2, 0) is 0 Å². The van der Waals surface area contributed by atoms with Crippen molar-refractivity contribution in [2.75, 3.05) is 24.2 Å². The van der Waals surface area contributed by atoms with Crippen LogP contribution < -0.4 is 21.5 Å². The van der Waals surface area contributed by atoms with Crippen LogP contribution in [0.25, 0.3) is 12.4 Å². The third kappa shape index (κ3) is 2.11. The molecule has 0 saturated heterocycles. The van der Waals surface area contributed by atoms with E-state index in [1.165, 1.54) is 12.4 Å². The number of aliphatic hydroxyl groups excluding tert-OH is 1. The lowest BCUT2D eigenvalue weighted by Crippen LogP contribution is -2.44. The molecule has 17 heavy (non-hydrogen) atoms. The summed E-state index contributed by atoms with van der Waals surface area (Å²) in [6, 6.07) is 3.43. The molecule has 0 aliphatic carbocycles. The monoisotopic (exact) mass is 238 g/mol. The van der Waals surface area contributed by atoms with Gasteiger partial charge in [0.05, 0.1) is 19.0 Å². The number of hydrazine groups is 1. The van der Waals surface area contributed by atoms with Crippen molar-refractivity contribution in [1.82, 2.24) is 10.3 Å². The molecule has 1 aliphatic rings. The average molecular weight is 238 g/mol. The summed E-state index contributed by atoms with van der Waals surface area (Å²) in [5.74, 6) is 0. The van der Waals surface area contributed by atoms with Crippen molar-refractivity contribution in [2.24, 2.45) is 0 Å². The number of fused-ring (bicyclic) bond motifs is 1. The first-order chi connectivity index (χ1) is 8.13. The Hall–Kier alpha value is -1.96. The van der Waals surface area contributed by atoms with Crippen LogP contribution in [0.4, 0.5) is 11.4 Å². The molecule has 0 atom stereocenters. The highest BCUT2D eigenvalue weighted by Crippen LogP contribution is 2.04. The van der Waals surface area contributed by atoms with Gasteiger partial charge in [-0.2, -0.15) is 0 Å². The number of nitrogen functional groups attached to an aromatic ring is 1. The molecular weight excluding hydrogens is 224 g/mol. The van der Waals surface area contributed by atoms with Gasteiger partial charge < -0.3 is 16.2 Å². The number of hydroxylamine groups is 2. The lowest BCUT2D eigenvalue weighted by molar-refractivity contribution is -0.287. The molecule has 0 fully saturated rings. The Balaban J connectivity index is 2.57. The van der Waals surface area contributed by atoms with Crippen LogP contribution >= 0.6 is 0 Å². The SMILES string of the molecule is Nc1ccc(NCCO)c2c1=CN(O)N(O)C=2. The maximum atomic E-state index is 9.37. The van der Waals surface area contributed by atoms with Crippen molar-refractivity contribution >= 4 is 23.8 Å². The fourth-order valence-electron chi connectivity index (χ4n) is 1.63. The fourth-order valence-corrected chi connectivity index (χ4v) is 1.63. The van der Waals surface area contributed by atoms with E-state index < -0.39 is 0 Å². The third-order valence-electron chi connectivity index (χ3n) is 2.45.